The van der Waals surface area contributed by atoms with Gasteiger partial charge in [0.25, 0.3) is 0 Å². The quantitative estimate of drug-likeness (QED) is 0.442. The number of hydrogen-bond donors (Lipinski definition) is 0. The maximum absolute atomic E-state index is 9.17. The monoisotopic (exact) mass is 263 g/mol. The molecule has 0 fully saturated rings. The van der Waals surface area contributed by atoms with Crippen LogP contribution >= 0.6 is 22.6 Å². The van der Waals surface area contributed by atoms with E-state index in [1.807, 2.05) is 25.1 Å². The first-order valence-corrected chi connectivity index (χ1v) is 4.39. The van der Waals surface area contributed by atoms with Crippen molar-refractivity contribution in [3.63, 3.8) is 0 Å². The Kier molecular flexibility index (Phi) is 7.34. The Morgan fingerprint density at radius 1 is 1.64 bits per heavy atom. The predicted octanol–water partition coefficient (Wildman–Crippen LogP) is 2.28. The molecule has 1 aromatic heterocycles. The molecule has 1 aromatic rings. The van der Waals surface area contributed by atoms with Gasteiger partial charge in [-0.1, -0.05) is 13.0 Å². The highest BCUT2D eigenvalue weighted by Crippen LogP contribution is 1.94. The first kappa shape index (κ1) is 10.6. The SMILES string of the molecule is CCC=O.Ic1ccccn1. The molecule has 1 heterocycles. The van der Waals surface area contributed by atoms with Gasteiger partial charge in [0.2, 0.25) is 0 Å². The molecule has 0 aromatic carbocycles. The lowest BCUT2D eigenvalue weighted by atomic mass is 10.5. The molecule has 0 amide bonds. The van der Waals surface area contributed by atoms with Crippen LogP contribution in [0, 0.1) is 3.70 Å². The van der Waals surface area contributed by atoms with E-state index < -0.39 is 0 Å². The molecule has 0 atom stereocenters. The van der Waals surface area contributed by atoms with Crippen LogP contribution in [0.5, 0.6) is 0 Å². The molecule has 0 radical (unpaired) electrons. The van der Waals surface area contributed by atoms with Crippen LogP contribution in [0.15, 0.2) is 24.4 Å². The molecule has 3 heteroatoms. The molecule has 0 saturated heterocycles. The Bertz CT molecular complexity index is 189. The van der Waals surface area contributed by atoms with E-state index in [0.717, 1.165) is 9.99 Å². The number of hydrogen-bond acceptors (Lipinski definition) is 2. The van der Waals surface area contributed by atoms with Crippen LogP contribution in [0.4, 0.5) is 0 Å². The van der Waals surface area contributed by atoms with Gasteiger partial charge in [-0.25, -0.2) is 0 Å². The van der Waals surface area contributed by atoms with Crippen LogP contribution < -0.4 is 0 Å². The summed E-state index contributed by atoms with van der Waals surface area (Å²) in [6, 6.07) is 5.83. The predicted molar refractivity (Wildman–Crippen MR) is 53.3 cm³/mol. The molecule has 0 aliphatic carbocycles. The second-order valence-electron chi connectivity index (χ2n) is 1.73. The van der Waals surface area contributed by atoms with Gasteiger partial charge in [-0.2, -0.15) is 0 Å². The summed E-state index contributed by atoms with van der Waals surface area (Å²) in [4.78, 5) is 13.1. The molecule has 0 saturated carbocycles. The molecule has 0 aliphatic heterocycles. The van der Waals surface area contributed by atoms with Crippen LogP contribution in [-0.2, 0) is 4.79 Å². The number of rotatable bonds is 1. The third-order valence-corrected chi connectivity index (χ3v) is 1.43. The summed E-state index contributed by atoms with van der Waals surface area (Å²) in [6.07, 6.45) is 3.29. The van der Waals surface area contributed by atoms with Crippen LogP contribution in [0.1, 0.15) is 13.3 Å². The van der Waals surface area contributed by atoms with E-state index >= 15 is 0 Å². The number of carbonyl (C=O) groups is 1. The van der Waals surface area contributed by atoms with Crippen molar-refractivity contribution in [3.05, 3.63) is 28.1 Å². The summed E-state index contributed by atoms with van der Waals surface area (Å²) in [5.41, 5.74) is 0. The van der Waals surface area contributed by atoms with E-state index in [1.54, 1.807) is 6.20 Å². The Hall–Kier alpha value is -0.450. The fourth-order valence-corrected chi connectivity index (χ4v) is 0.710. The van der Waals surface area contributed by atoms with Gasteiger partial charge in [-0.15, -0.1) is 0 Å². The summed E-state index contributed by atoms with van der Waals surface area (Å²) in [7, 11) is 0. The standard InChI is InChI=1S/C5H4IN.C3H6O/c6-5-3-1-2-4-7-5;1-2-3-4/h1-4H;3H,2H2,1H3. The second kappa shape index (κ2) is 7.65. The van der Waals surface area contributed by atoms with Gasteiger partial charge in [0.15, 0.2) is 0 Å². The van der Waals surface area contributed by atoms with Crippen molar-refractivity contribution in [2.75, 3.05) is 0 Å². The van der Waals surface area contributed by atoms with Crippen molar-refractivity contribution in [1.29, 1.82) is 0 Å². The van der Waals surface area contributed by atoms with Crippen molar-refractivity contribution < 1.29 is 4.79 Å². The van der Waals surface area contributed by atoms with Crippen molar-refractivity contribution >= 4 is 28.9 Å². The maximum Gasteiger partial charge on any atom is 0.119 e. The maximum atomic E-state index is 9.17. The van der Waals surface area contributed by atoms with Crippen molar-refractivity contribution in [1.82, 2.24) is 4.98 Å². The summed E-state index contributed by atoms with van der Waals surface area (Å²) in [6.45, 7) is 1.81. The molecule has 11 heavy (non-hydrogen) atoms. The van der Waals surface area contributed by atoms with Gasteiger partial charge in [-0.3, -0.25) is 4.98 Å². The molecule has 0 spiro atoms. The molecule has 0 bridgehead atoms. The molecule has 2 nitrogen and oxygen atoms in total. The number of pyridine rings is 1. The molecule has 0 unspecified atom stereocenters. The summed E-state index contributed by atoms with van der Waals surface area (Å²) in [5, 5.41) is 0. The number of aldehydes is 1. The molecule has 0 N–H and O–H groups in total. The molecule has 1 rings (SSSR count). The Morgan fingerprint density at radius 2 is 2.27 bits per heavy atom. The van der Waals surface area contributed by atoms with Gasteiger partial charge in [0.1, 0.15) is 9.99 Å². The molecular weight excluding hydrogens is 253 g/mol. The fraction of sp³-hybridized carbons (Fsp3) is 0.250. The van der Waals surface area contributed by atoms with Crippen molar-refractivity contribution in [3.8, 4) is 0 Å². The van der Waals surface area contributed by atoms with E-state index in [9.17, 15) is 4.79 Å². The van der Waals surface area contributed by atoms with Gasteiger partial charge in [-0.05, 0) is 34.7 Å². The smallest absolute Gasteiger partial charge is 0.119 e. The van der Waals surface area contributed by atoms with E-state index in [2.05, 4.69) is 27.6 Å². The Balaban J connectivity index is 0.000000218. The molecule has 0 aliphatic rings. The van der Waals surface area contributed by atoms with Crippen LogP contribution in [-0.4, -0.2) is 11.3 Å². The van der Waals surface area contributed by atoms with Crippen LogP contribution in [0.25, 0.3) is 0 Å². The average molecular weight is 263 g/mol. The zero-order chi connectivity index (χ0) is 8.53. The van der Waals surface area contributed by atoms with E-state index in [4.69, 9.17) is 0 Å². The third kappa shape index (κ3) is 7.45. The first-order valence-electron chi connectivity index (χ1n) is 3.31. The van der Waals surface area contributed by atoms with Gasteiger partial charge in [0.05, 0.1) is 0 Å². The Morgan fingerprint density at radius 3 is 2.45 bits per heavy atom. The van der Waals surface area contributed by atoms with Crippen molar-refractivity contribution in [2.45, 2.75) is 13.3 Å². The normalized spacial score (nSPS) is 7.82. The van der Waals surface area contributed by atoms with Crippen LogP contribution in [0.2, 0.25) is 0 Å². The number of halogens is 1. The average Bonchev–Trinajstić information content (AvgIpc) is 2.07. The molecule has 60 valence electrons. The fourth-order valence-electron chi connectivity index (χ4n) is 0.342. The number of aromatic nitrogens is 1. The van der Waals surface area contributed by atoms with Gasteiger partial charge in [0, 0.05) is 12.6 Å². The number of carbonyl (C=O) groups excluding carboxylic acids is 1. The second-order valence-corrected chi connectivity index (χ2v) is 2.83. The van der Waals surface area contributed by atoms with E-state index in [1.165, 1.54) is 0 Å². The summed E-state index contributed by atoms with van der Waals surface area (Å²) >= 11 is 2.17. The van der Waals surface area contributed by atoms with E-state index in [-0.39, 0.29) is 0 Å². The summed E-state index contributed by atoms with van der Waals surface area (Å²) in [5.74, 6) is 0. The minimum absolute atomic E-state index is 0.639. The highest BCUT2D eigenvalue weighted by atomic mass is 127. The highest BCUT2D eigenvalue weighted by molar-refractivity contribution is 14.1. The minimum Gasteiger partial charge on any atom is -0.303 e. The first-order chi connectivity index (χ1) is 5.31. The van der Waals surface area contributed by atoms with Gasteiger partial charge < -0.3 is 4.79 Å². The summed E-state index contributed by atoms with van der Waals surface area (Å²) < 4.78 is 1.04. The van der Waals surface area contributed by atoms with Crippen LogP contribution in [0.3, 0.4) is 0 Å². The minimum atomic E-state index is 0.639. The number of nitrogens with zero attached hydrogens (tertiary/aromatic N) is 1. The largest absolute Gasteiger partial charge is 0.303 e. The Labute approximate surface area is 80.2 Å². The zero-order valence-electron chi connectivity index (χ0n) is 6.33. The lowest BCUT2D eigenvalue weighted by Crippen LogP contribution is -1.71. The zero-order valence-corrected chi connectivity index (χ0v) is 8.48. The van der Waals surface area contributed by atoms with E-state index in [0.29, 0.717) is 6.42 Å². The highest BCUT2D eigenvalue weighted by Gasteiger charge is 1.75. The third-order valence-electron chi connectivity index (χ3n) is 0.795. The molecular formula is C8H10INO. The van der Waals surface area contributed by atoms with Crippen molar-refractivity contribution in [2.24, 2.45) is 0 Å². The lowest BCUT2D eigenvalue weighted by molar-refractivity contribution is -0.107. The lowest BCUT2D eigenvalue weighted by Gasteiger charge is -1.80. The van der Waals surface area contributed by atoms with Gasteiger partial charge >= 0.3 is 0 Å². The topological polar surface area (TPSA) is 30.0 Å².